The van der Waals surface area contributed by atoms with Crippen molar-refractivity contribution in [1.82, 2.24) is 20.2 Å². The maximum Gasteiger partial charge on any atom is 0.349 e. The van der Waals surface area contributed by atoms with Crippen molar-refractivity contribution in [2.45, 2.75) is 25.5 Å². The third-order valence-corrected chi connectivity index (χ3v) is 5.33. The van der Waals surface area contributed by atoms with Gasteiger partial charge >= 0.3 is 5.69 Å². The second-order valence-electron chi connectivity index (χ2n) is 6.65. The lowest BCUT2D eigenvalue weighted by atomic mass is 9.78. The average Bonchev–Trinajstić information content (AvgIpc) is 2.62. The molecule has 12 heteroatoms. The number of nitrogens with zero attached hydrogens (tertiary/aromatic N) is 3. The van der Waals surface area contributed by atoms with Crippen LogP contribution in [0.4, 0.5) is 5.82 Å². The van der Waals surface area contributed by atoms with Crippen molar-refractivity contribution in [3.63, 3.8) is 0 Å². The van der Waals surface area contributed by atoms with Crippen LogP contribution in [0.15, 0.2) is 38.5 Å². The van der Waals surface area contributed by atoms with E-state index in [9.17, 15) is 14.7 Å². The molecule has 10 nitrogen and oxygen atoms in total. The monoisotopic (exact) mass is 438 g/mol. The molecular weight excluding hydrogens is 423 g/mol. The molecule has 1 fully saturated rings. The van der Waals surface area contributed by atoms with Crippen molar-refractivity contribution in [1.29, 1.82) is 0 Å². The molecule has 0 amide bonds. The van der Waals surface area contributed by atoms with Crippen molar-refractivity contribution in [2.75, 3.05) is 5.73 Å². The summed E-state index contributed by atoms with van der Waals surface area (Å²) in [4.78, 5) is 25.4. The molecule has 0 spiro atoms. The summed E-state index contributed by atoms with van der Waals surface area (Å²) in [5.74, 6) is 0.205. The van der Waals surface area contributed by atoms with Gasteiger partial charge in [-0.1, -0.05) is 29.6 Å². The van der Waals surface area contributed by atoms with E-state index in [1.807, 2.05) is 4.98 Å². The summed E-state index contributed by atoms with van der Waals surface area (Å²) in [5, 5.41) is 17.9. The van der Waals surface area contributed by atoms with Gasteiger partial charge in [-0.05, 0) is 36.5 Å². The number of nitrogens with two attached hydrogens (primary N) is 1. The number of nitrogens with one attached hydrogen (secondary N) is 2. The standard InChI is InChI=1S/C17H16Cl2N6O4/c18-10-4-8(25-17(28)21-16(27)14(20)24-25)5-11(19)13(10)29-12-6-9(7-2-1-3-7)15(26)23-22-12/h4-7,15,23,26H,1-3H2,(H2,20,24)(H,21,27,28). The van der Waals surface area contributed by atoms with Crippen LogP contribution in [-0.4, -0.2) is 32.0 Å². The number of benzene rings is 1. The van der Waals surface area contributed by atoms with E-state index in [1.165, 1.54) is 12.1 Å². The van der Waals surface area contributed by atoms with Crippen molar-refractivity contribution < 1.29 is 9.84 Å². The largest absolute Gasteiger partial charge is 0.434 e. The molecule has 1 aromatic heterocycles. The van der Waals surface area contributed by atoms with E-state index in [4.69, 9.17) is 33.7 Å². The first-order valence-corrected chi connectivity index (χ1v) is 9.48. The number of hydrazone groups is 1. The van der Waals surface area contributed by atoms with E-state index in [-0.39, 0.29) is 39.1 Å². The predicted octanol–water partition coefficient (Wildman–Crippen LogP) is 1.15. The summed E-state index contributed by atoms with van der Waals surface area (Å²) in [7, 11) is 0. The molecule has 1 aliphatic carbocycles. The van der Waals surface area contributed by atoms with E-state index < -0.39 is 17.5 Å². The summed E-state index contributed by atoms with van der Waals surface area (Å²) < 4.78 is 6.59. The number of halogens is 2. The highest BCUT2D eigenvalue weighted by molar-refractivity contribution is 6.37. The maximum absolute atomic E-state index is 12.0. The fourth-order valence-corrected chi connectivity index (χ4v) is 3.60. The Morgan fingerprint density at radius 3 is 2.55 bits per heavy atom. The lowest BCUT2D eigenvalue weighted by Gasteiger charge is -2.32. The highest BCUT2D eigenvalue weighted by Crippen LogP contribution is 2.37. The quantitative estimate of drug-likeness (QED) is 0.561. The van der Waals surface area contributed by atoms with Gasteiger partial charge in [-0.25, -0.2) is 4.79 Å². The molecule has 152 valence electrons. The highest BCUT2D eigenvalue weighted by atomic mass is 35.5. The van der Waals surface area contributed by atoms with Crippen molar-refractivity contribution in [2.24, 2.45) is 11.0 Å². The Kier molecular flexibility index (Phi) is 5.07. The fourth-order valence-electron chi connectivity index (χ4n) is 3.05. The molecule has 5 N–H and O–H groups in total. The van der Waals surface area contributed by atoms with Crippen LogP contribution in [0.25, 0.3) is 5.69 Å². The number of aromatic amines is 1. The van der Waals surface area contributed by atoms with Gasteiger partial charge in [-0.3, -0.25) is 15.2 Å². The number of H-pyrrole nitrogens is 1. The molecule has 29 heavy (non-hydrogen) atoms. The van der Waals surface area contributed by atoms with Gasteiger partial charge in [0, 0.05) is 6.08 Å². The molecule has 1 aromatic carbocycles. The number of hydrogen-bond donors (Lipinski definition) is 4. The van der Waals surface area contributed by atoms with Gasteiger partial charge in [0.25, 0.3) is 5.56 Å². The summed E-state index contributed by atoms with van der Waals surface area (Å²) in [5.41, 5.74) is 7.47. The van der Waals surface area contributed by atoms with Crippen LogP contribution in [0.3, 0.4) is 0 Å². The summed E-state index contributed by atoms with van der Waals surface area (Å²) in [6.45, 7) is 0. The minimum atomic E-state index is -0.857. The molecule has 2 aliphatic rings. The normalized spacial score (nSPS) is 19.1. The van der Waals surface area contributed by atoms with Crippen molar-refractivity contribution >= 4 is 34.9 Å². The minimum Gasteiger partial charge on any atom is -0.434 e. The van der Waals surface area contributed by atoms with Crippen LogP contribution in [0.1, 0.15) is 19.3 Å². The molecule has 1 saturated carbocycles. The first-order valence-electron chi connectivity index (χ1n) is 8.72. The summed E-state index contributed by atoms with van der Waals surface area (Å²) in [6, 6.07) is 2.77. The molecular formula is C17H16Cl2N6O4. The maximum atomic E-state index is 12.0. The van der Waals surface area contributed by atoms with Crippen LogP contribution >= 0.6 is 23.2 Å². The number of nitrogen functional groups attached to an aromatic ring is 1. The molecule has 0 saturated heterocycles. The lowest BCUT2D eigenvalue weighted by molar-refractivity contribution is 0.145. The van der Waals surface area contributed by atoms with Crippen molar-refractivity contribution in [3.05, 3.63) is 54.7 Å². The molecule has 0 bridgehead atoms. The van der Waals surface area contributed by atoms with Gasteiger partial charge < -0.3 is 15.6 Å². The topological polar surface area (TPSA) is 148 Å². The number of aliphatic hydroxyl groups excluding tert-OH is 1. The first-order chi connectivity index (χ1) is 13.8. The van der Waals surface area contributed by atoms with Gasteiger partial charge in [0.05, 0.1) is 15.7 Å². The number of ether oxygens (including phenoxy) is 1. The number of hydrogen-bond acceptors (Lipinski definition) is 8. The Morgan fingerprint density at radius 1 is 1.24 bits per heavy atom. The Labute approximate surface area is 173 Å². The number of rotatable bonds is 3. The third-order valence-electron chi connectivity index (χ3n) is 4.77. The SMILES string of the molecule is Nc1nn(-c2cc(Cl)c(OC3=NNC(O)C(C4CCC4)=C3)c(Cl)c2)c(=O)[nH]c1=O. The van der Waals surface area contributed by atoms with E-state index >= 15 is 0 Å². The van der Waals surface area contributed by atoms with Gasteiger partial charge in [0.2, 0.25) is 11.7 Å². The first kappa shape index (κ1) is 19.5. The zero-order valence-electron chi connectivity index (χ0n) is 14.9. The van der Waals surface area contributed by atoms with Crippen LogP contribution in [0.2, 0.25) is 10.0 Å². The molecule has 1 aliphatic heterocycles. The molecule has 0 radical (unpaired) electrons. The van der Waals surface area contributed by atoms with Gasteiger partial charge in [0.1, 0.15) is 0 Å². The highest BCUT2D eigenvalue weighted by Gasteiger charge is 2.29. The number of aromatic nitrogens is 3. The van der Waals surface area contributed by atoms with Crippen LogP contribution < -0.4 is 27.1 Å². The van der Waals surface area contributed by atoms with E-state index in [0.717, 1.165) is 29.5 Å². The summed E-state index contributed by atoms with van der Waals surface area (Å²) >= 11 is 12.6. The van der Waals surface area contributed by atoms with Crippen molar-refractivity contribution in [3.8, 4) is 11.4 Å². The molecule has 1 atom stereocenters. The van der Waals surface area contributed by atoms with Gasteiger partial charge in [-0.2, -0.15) is 4.68 Å². The predicted molar refractivity (Wildman–Crippen MR) is 108 cm³/mol. The number of aliphatic hydroxyl groups is 1. The van der Waals surface area contributed by atoms with Crippen LogP contribution in [-0.2, 0) is 0 Å². The molecule has 4 rings (SSSR count). The Hall–Kier alpha value is -2.82. The van der Waals surface area contributed by atoms with E-state index in [0.29, 0.717) is 0 Å². The lowest BCUT2D eigenvalue weighted by Crippen LogP contribution is -2.37. The summed E-state index contributed by atoms with van der Waals surface area (Å²) in [6.07, 6.45) is 3.92. The fraction of sp³-hybridized carbons (Fsp3) is 0.294. The second kappa shape index (κ2) is 7.54. The van der Waals surface area contributed by atoms with E-state index in [2.05, 4.69) is 15.6 Å². The van der Waals surface area contributed by atoms with Crippen LogP contribution in [0, 0.1) is 5.92 Å². The van der Waals surface area contributed by atoms with Crippen LogP contribution in [0.5, 0.6) is 5.75 Å². The van der Waals surface area contributed by atoms with Gasteiger partial charge in [0.15, 0.2) is 12.0 Å². The number of anilines is 1. The molecule has 1 unspecified atom stereocenters. The second-order valence-corrected chi connectivity index (χ2v) is 7.47. The Bertz CT molecular complexity index is 1130. The Balaban J connectivity index is 1.65. The zero-order chi connectivity index (χ0) is 20.7. The molecule has 2 heterocycles. The average molecular weight is 439 g/mol. The smallest absolute Gasteiger partial charge is 0.349 e. The van der Waals surface area contributed by atoms with Gasteiger partial charge in [-0.15, -0.1) is 10.2 Å². The van der Waals surface area contributed by atoms with E-state index in [1.54, 1.807) is 6.08 Å². The minimum absolute atomic E-state index is 0.0818. The zero-order valence-corrected chi connectivity index (χ0v) is 16.4. The molecule has 2 aromatic rings. The third kappa shape index (κ3) is 3.74. The Morgan fingerprint density at radius 2 is 1.93 bits per heavy atom.